The highest BCUT2D eigenvalue weighted by Crippen LogP contribution is 2.34. The Labute approximate surface area is 119 Å². The zero-order chi connectivity index (χ0) is 15.0. The molecule has 112 valence electrons. The van der Waals surface area contributed by atoms with E-state index >= 15 is 0 Å². The van der Waals surface area contributed by atoms with Crippen LogP contribution in [0, 0.1) is 0 Å². The second-order valence-electron chi connectivity index (χ2n) is 6.48. The van der Waals surface area contributed by atoms with Gasteiger partial charge in [-0.1, -0.05) is 32.9 Å². The molecule has 2 rings (SSSR count). The van der Waals surface area contributed by atoms with E-state index in [1.165, 1.54) is 0 Å². The Bertz CT molecular complexity index is 492. The molecule has 1 atom stereocenters. The molecule has 1 unspecified atom stereocenters. The minimum absolute atomic E-state index is 0.190. The van der Waals surface area contributed by atoms with Crippen molar-refractivity contribution in [2.24, 2.45) is 0 Å². The monoisotopic (exact) mass is 281 g/mol. The van der Waals surface area contributed by atoms with Gasteiger partial charge in [0.15, 0.2) is 5.82 Å². The lowest BCUT2D eigenvalue weighted by molar-refractivity contribution is -0.150. The van der Waals surface area contributed by atoms with Gasteiger partial charge in [0.2, 0.25) is 5.89 Å². The smallest absolute Gasteiger partial charge is 0.324 e. The Kier molecular flexibility index (Phi) is 3.86. The third-order valence-electron chi connectivity index (χ3n) is 4.05. The van der Waals surface area contributed by atoms with Crippen molar-refractivity contribution in [3.8, 4) is 0 Å². The Morgan fingerprint density at radius 3 is 2.70 bits per heavy atom. The largest absolute Gasteiger partial charge is 0.480 e. The average Bonchev–Trinajstić information content (AvgIpc) is 2.96. The Morgan fingerprint density at radius 1 is 1.50 bits per heavy atom. The third-order valence-corrected chi connectivity index (χ3v) is 4.05. The number of aliphatic carboxylic acids is 1. The fraction of sp³-hybridized carbons (Fsp3) is 0.786. The van der Waals surface area contributed by atoms with Crippen LogP contribution in [0.1, 0.15) is 58.7 Å². The third kappa shape index (κ3) is 2.57. The Hall–Kier alpha value is -1.43. The Morgan fingerprint density at radius 2 is 2.20 bits per heavy atom. The van der Waals surface area contributed by atoms with Crippen LogP contribution >= 0.6 is 0 Å². The van der Waals surface area contributed by atoms with Crippen molar-refractivity contribution in [2.75, 3.05) is 6.54 Å². The molecule has 0 bridgehead atoms. The minimum Gasteiger partial charge on any atom is -0.480 e. The van der Waals surface area contributed by atoms with Crippen molar-refractivity contribution < 1.29 is 14.4 Å². The zero-order valence-electron chi connectivity index (χ0n) is 12.6. The predicted molar refractivity (Wildman–Crippen MR) is 73.3 cm³/mol. The first-order chi connectivity index (χ1) is 9.29. The van der Waals surface area contributed by atoms with Crippen LogP contribution in [0.15, 0.2) is 4.52 Å². The average molecular weight is 281 g/mol. The molecule has 1 aromatic rings. The summed E-state index contributed by atoms with van der Waals surface area (Å²) in [7, 11) is 0. The van der Waals surface area contributed by atoms with E-state index in [-0.39, 0.29) is 5.41 Å². The molecule has 0 saturated carbocycles. The van der Waals surface area contributed by atoms with Gasteiger partial charge in [-0.25, -0.2) is 0 Å². The molecule has 1 aliphatic rings. The maximum Gasteiger partial charge on any atom is 0.324 e. The van der Waals surface area contributed by atoms with E-state index in [1.807, 2.05) is 32.6 Å². The lowest BCUT2D eigenvalue weighted by Gasteiger charge is -2.32. The quantitative estimate of drug-likeness (QED) is 0.911. The molecular formula is C14H23N3O3. The predicted octanol–water partition coefficient (Wildman–Crippen LogP) is 2.20. The second kappa shape index (κ2) is 5.16. The van der Waals surface area contributed by atoms with Gasteiger partial charge in [0, 0.05) is 5.41 Å². The normalized spacial score (nSPS) is 24.2. The zero-order valence-corrected chi connectivity index (χ0v) is 12.6. The standard InChI is InChI=1S/C14H23N3O3/c1-5-14(12(18)19)7-6-8-17(14)9-10-15-11(20-16-10)13(2,3)4/h5-9H2,1-4H3,(H,18,19). The molecule has 0 aliphatic carbocycles. The molecule has 6 nitrogen and oxygen atoms in total. The first-order valence-electron chi connectivity index (χ1n) is 7.11. The Balaban J connectivity index is 2.17. The number of carbonyl (C=O) groups is 1. The number of hydrogen-bond donors (Lipinski definition) is 1. The number of rotatable bonds is 4. The van der Waals surface area contributed by atoms with Crippen molar-refractivity contribution in [2.45, 2.75) is 64.5 Å². The van der Waals surface area contributed by atoms with E-state index in [2.05, 4.69) is 10.1 Å². The van der Waals surface area contributed by atoms with Crippen molar-refractivity contribution in [1.82, 2.24) is 15.0 Å². The van der Waals surface area contributed by atoms with Crippen LogP contribution in [-0.2, 0) is 16.8 Å². The highest BCUT2D eigenvalue weighted by atomic mass is 16.5. The molecule has 1 saturated heterocycles. The van der Waals surface area contributed by atoms with Gasteiger partial charge >= 0.3 is 5.97 Å². The fourth-order valence-electron chi connectivity index (χ4n) is 2.75. The molecule has 20 heavy (non-hydrogen) atoms. The summed E-state index contributed by atoms with van der Waals surface area (Å²) in [5.41, 5.74) is -0.965. The van der Waals surface area contributed by atoms with Crippen molar-refractivity contribution in [3.05, 3.63) is 11.7 Å². The first kappa shape index (κ1) is 15.0. The molecule has 6 heteroatoms. The van der Waals surface area contributed by atoms with Crippen LogP contribution in [0.3, 0.4) is 0 Å². The highest BCUT2D eigenvalue weighted by Gasteiger charge is 2.46. The number of likely N-dealkylation sites (tertiary alicyclic amines) is 1. The topological polar surface area (TPSA) is 79.5 Å². The maximum atomic E-state index is 11.6. The summed E-state index contributed by atoms with van der Waals surface area (Å²) in [6.45, 7) is 9.14. The lowest BCUT2D eigenvalue weighted by atomic mass is 9.93. The molecule has 0 radical (unpaired) electrons. The van der Waals surface area contributed by atoms with Crippen LogP contribution in [0.25, 0.3) is 0 Å². The molecule has 0 aromatic carbocycles. The highest BCUT2D eigenvalue weighted by molar-refractivity contribution is 5.79. The summed E-state index contributed by atoms with van der Waals surface area (Å²) in [6, 6.07) is 0. The molecule has 0 spiro atoms. The number of carboxylic acids is 1. The van der Waals surface area contributed by atoms with Crippen molar-refractivity contribution in [3.63, 3.8) is 0 Å². The number of nitrogens with zero attached hydrogens (tertiary/aromatic N) is 3. The fourth-order valence-corrected chi connectivity index (χ4v) is 2.75. The molecule has 1 N–H and O–H groups in total. The number of hydrogen-bond acceptors (Lipinski definition) is 5. The summed E-state index contributed by atoms with van der Waals surface area (Å²) >= 11 is 0. The van der Waals surface area contributed by atoms with Crippen LogP contribution in [-0.4, -0.2) is 38.2 Å². The van der Waals surface area contributed by atoms with Crippen LogP contribution in [0.4, 0.5) is 0 Å². The van der Waals surface area contributed by atoms with Gasteiger partial charge in [0.1, 0.15) is 5.54 Å². The van der Waals surface area contributed by atoms with E-state index in [9.17, 15) is 9.90 Å². The minimum atomic E-state index is -0.775. The number of carboxylic acid groups (broad SMARTS) is 1. The van der Waals surface area contributed by atoms with Crippen LogP contribution in [0.2, 0.25) is 0 Å². The van der Waals surface area contributed by atoms with Crippen molar-refractivity contribution in [1.29, 1.82) is 0 Å². The van der Waals surface area contributed by atoms with E-state index < -0.39 is 11.5 Å². The molecule has 1 aliphatic heterocycles. The van der Waals surface area contributed by atoms with Crippen molar-refractivity contribution >= 4 is 5.97 Å². The van der Waals surface area contributed by atoms with E-state index in [0.29, 0.717) is 31.1 Å². The first-order valence-corrected chi connectivity index (χ1v) is 7.11. The molecule has 2 heterocycles. The molecule has 0 amide bonds. The van der Waals surface area contributed by atoms with Crippen LogP contribution < -0.4 is 0 Å². The lowest BCUT2D eigenvalue weighted by Crippen LogP contribution is -2.49. The summed E-state index contributed by atoms with van der Waals surface area (Å²) in [6.07, 6.45) is 2.17. The molecular weight excluding hydrogens is 258 g/mol. The van der Waals surface area contributed by atoms with E-state index in [4.69, 9.17) is 4.52 Å². The SMILES string of the molecule is CCC1(C(=O)O)CCCN1Cc1noc(C(C)(C)C)n1. The molecule has 1 aromatic heterocycles. The van der Waals surface area contributed by atoms with Gasteiger partial charge in [0.25, 0.3) is 0 Å². The summed E-state index contributed by atoms with van der Waals surface area (Å²) in [5, 5.41) is 13.5. The van der Waals surface area contributed by atoms with Gasteiger partial charge in [-0.2, -0.15) is 4.98 Å². The second-order valence-corrected chi connectivity index (χ2v) is 6.48. The number of aromatic nitrogens is 2. The summed E-state index contributed by atoms with van der Waals surface area (Å²) in [5.74, 6) is 0.400. The summed E-state index contributed by atoms with van der Waals surface area (Å²) < 4.78 is 5.27. The van der Waals surface area contributed by atoms with Gasteiger partial charge in [-0.15, -0.1) is 0 Å². The van der Waals surface area contributed by atoms with E-state index in [0.717, 1.165) is 13.0 Å². The molecule has 1 fully saturated rings. The van der Waals surface area contributed by atoms with Gasteiger partial charge < -0.3 is 9.63 Å². The van der Waals surface area contributed by atoms with E-state index in [1.54, 1.807) is 0 Å². The van der Waals surface area contributed by atoms with Gasteiger partial charge in [-0.3, -0.25) is 9.69 Å². The van der Waals surface area contributed by atoms with Gasteiger partial charge in [-0.05, 0) is 25.8 Å². The van der Waals surface area contributed by atoms with Gasteiger partial charge in [0.05, 0.1) is 6.54 Å². The summed E-state index contributed by atoms with van der Waals surface area (Å²) in [4.78, 5) is 18.0. The van der Waals surface area contributed by atoms with Crippen LogP contribution in [0.5, 0.6) is 0 Å². The maximum absolute atomic E-state index is 11.6.